The first-order chi connectivity index (χ1) is 18.7. The highest BCUT2D eigenvalue weighted by molar-refractivity contribution is 5.70. The van der Waals surface area contributed by atoms with E-state index in [9.17, 15) is 4.79 Å². The van der Waals surface area contributed by atoms with Gasteiger partial charge in [0.15, 0.2) is 0 Å². The maximum Gasteiger partial charge on any atom is 0.131 e. The van der Waals surface area contributed by atoms with Gasteiger partial charge in [-0.3, -0.25) is 0 Å². The van der Waals surface area contributed by atoms with E-state index in [1.54, 1.807) is 26.4 Å². The lowest BCUT2D eigenvalue weighted by Gasteiger charge is -2.51. The standard InChI is InChI=1S/C34H39FO4/c1-33(2,3)32(38-5)29-17-22(8-12-27(29)28-18-25(37-4)11-13-31(28)35)21-39-26-10-9-23-7-6-15-34(30(23)19-26)16-14-24(34)20-36/h8-13,17-20,24,32H,6-7,14-16,21H2,1-5H3/t24-,32-,34+/m0/s1. The molecule has 0 radical (unpaired) electrons. The van der Waals surface area contributed by atoms with E-state index in [1.165, 1.54) is 17.2 Å². The Hall–Kier alpha value is -3.18. The Labute approximate surface area is 231 Å². The normalized spacial score (nSPS) is 21.1. The summed E-state index contributed by atoms with van der Waals surface area (Å²) in [6, 6.07) is 17.2. The smallest absolute Gasteiger partial charge is 0.131 e. The first kappa shape index (κ1) is 27.4. The summed E-state index contributed by atoms with van der Waals surface area (Å²) in [5, 5.41) is 0. The quantitative estimate of drug-likeness (QED) is 0.277. The van der Waals surface area contributed by atoms with Gasteiger partial charge in [0.05, 0.1) is 13.2 Å². The van der Waals surface area contributed by atoms with Crippen LogP contribution >= 0.6 is 0 Å². The number of rotatable bonds is 8. The number of hydrogen-bond donors (Lipinski definition) is 0. The average molecular weight is 531 g/mol. The predicted octanol–water partition coefficient (Wildman–Crippen LogP) is 8.00. The second-order valence-electron chi connectivity index (χ2n) is 12.1. The predicted molar refractivity (Wildman–Crippen MR) is 152 cm³/mol. The van der Waals surface area contributed by atoms with E-state index in [0.717, 1.165) is 60.8 Å². The number of halogens is 1. The molecule has 0 amide bonds. The minimum Gasteiger partial charge on any atom is -0.497 e. The molecule has 3 atom stereocenters. The lowest BCUT2D eigenvalue weighted by molar-refractivity contribution is -0.117. The fraction of sp³-hybridized carbons (Fsp3) is 0.441. The molecule has 3 aromatic carbocycles. The van der Waals surface area contributed by atoms with Crippen molar-refractivity contribution in [3.8, 4) is 22.6 Å². The molecule has 4 nitrogen and oxygen atoms in total. The third-order valence-electron chi connectivity index (χ3n) is 8.75. The Balaban J connectivity index is 1.47. The molecule has 206 valence electrons. The Kier molecular flexibility index (Phi) is 7.56. The van der Waals surface area contributed by atoms with Gasteiger partial charge in [0.1, 0.15) is 30.2 Å². The molecule has 1 spiro atoms. The Morgan fingerprint density at radius 3 is 2.46 bits per heavy atom. The van der Waals surface area contributed by atoms with Crippen molar-refractivity contribution in [1.29, 1.82) is 0 Å². The van der Waals surface area contributed by atoms with Crippen molar-refractivity contribution in [2.75, 3.05) is 14.2 Å². The van der Waals surface area contributed by atoms with Gasteiger partial charge in [-0.05, 0) is 102 Å². The van der Waals surface area contributed by atoms with Crippen molar-refractivity contribution in [3.05, 3.63) is 82.7 Å². The monoisotopic (exact) mass is 530 g/mol. The third-order valence-corrected chi connectivity index (χ3v) is 8.75. The second kappa shape index (κ2) is 10.8. The van der Waals surface area contributed by atoms with Gasteiger partial charge in [-0.2, -0.15) is 0 Å². The molecule has 39 heavy (non-hydrogen) atoms. The molecule has 0 unspecified atom stereocenters. The molecule has 1 fully saturated rings. The molecule has 3 aromatic rings. The lowest BCUT2D eigenvalue weighted by Crippen LogP contribution is -2.47. The summed E-state index contributed by atoms with van der Waals surface area (Å²) in [7, 11) is 3.28. The van der Waals surface area contributed by atoms with Gasteiger partial charge in [0.2, 0.25) is 0 Å². The van der Waals surface area contributed by atoms with Crippen molar-refractivity contribution >= 4 is 6.29 Å². The van der Waals surface area contributed by atoms with E-state index in [4.69, 9.17) is 14.2 Å². The van der Waals surface area contributed by atoms with Crippen molar-refractivity contribution in [2.24, 2.45) is 11.3 Å². The van der Waals surface area contributed by atoms with E-state index in [-0.39, 0.29) is 28.7 Å². The molecular weight excluding hydrogens is 491 g/mol. The van der Waals surface area contributed by atoms with E-state index in [2.05, 4.69) is 39.0 Å². The molecular formula is C34H39FO4. The first-order valence-corrected chi connectivity index (χ1v) is 13.9. The van der Waals surface area contributed by atoms with Gasteiger partial charge in [-0.15, -0.1) is 0 Å². The maximum atomic E-state index is 15.1. The fourth-order valence-corrected chi connectivity index (χ4v) is 6.67. The number of ether oxygens (including phenoxy) is 3. The van der Waals surface area contributed by atoms with Crippen molar-refractivity contribution < 1.29 is 23.4 Å². The van der Waals surface area contributed by atoms with E-state index in [1.807, 2.05) is 18.2 Å². The molecule has 0 bridgehead atoms. The van der Waals surface area contributed by atoms with Gasteiger partial charge >= 0.3 is 0 Å². The van der Waals surface area contributed by atoms with Crippen LogP contribution in [0.3, 0.4) is 0 Å². The summed E-state index contributed by atoms with van der Waals surface area (Å²) in [5.74, 6) is 1.22. The number of carbonyl (C=O) groups is 1. The van der Waals surface area contributed by atoms with Crippen molar-refractivity contribution in [2.45, 2.75) is 71.0 Å². The van der Waals surface area contributed by atoms with Crippen LogP contribution in [-0.4, -0.2) is 20.5 Å². The zero-order valence-electron chi connectivity index (χ0n) is 23.7. The highest BCUT2D eigenvalue weighted by Gasteiger charge is 2.49. The van der Waals surface area contributed by atoms with Gasteiger partial charge in [-0.1, -0.05) is 39.0 Å². The maximum absolute atomic E-state index is 15.1. The number of methoxy groups -OCH3 is 2. The highest BCUT2D eigenvalue weighted by atomic mass is 19.1. The third kappa shape index (κ3) is 5.09. The molecule has 0 heterocycles. The van der Waals surface area contributed by atoms with Gasteiger partial charge in [-0.25, -0.2) is 4.39 Å². The van der Waals surface area contributed by atoms with Crippen molar-refractivity contribution in [1.82, 2.24) is 0 Å². The number of aryl methyl sites for hydroxylation is 1. The van der Waals surface area contributed by atoms with Gasteiger partial charge in [0, 0.05) is 24.0 Å². The molecule has 2 aliphatic carbocycles. The minimum atomic E-state index is -0.308. The van der Waals surface area contributed by atoms with Crippen LogP contribution in [0.2, 0.25) is 0 Å². The molecule has 5 rings (SSSR count). The number of aldehydes is 1. The molecule has 0 aliphatic heterocycles. The van der Waals surface area contributed by atoms with Crippen LogP contribution in [0.15, 0.2) is 54.6 Å². The number of benzene rings is 3. The number of carbonyl (C=O) groups excluding carboxylic acids is 1. The zero-order valence-corrected chi connectivity index (χ0v) is 23.7. The molecule has 0 N–H and O–H groups in total. The second-order valence-corrected chi connectivity index (χ2v) is 12.1. The van der Waals surface area contributed by atoms with Gasteiger partial charge in [0.25, 0.3) is 0 Å². The van der Waals surface area contributed by atoms with E-state index >= 15 is 4.39 Å². The summed E-state index contributed by atoms with van der Waals surface area (Å²) in [5.41, 5.74) is 5.56. The van der Waals surface area contributed by atoms with Crippen LogP contribution in [0.5, 0.6) is 11.5 Å². The fourth-order valence-electron chi connectivity index (χ4n) is 6.67. The van der Waals surface area contributed by atoms with E-state index < -0.39 is 0 Å². The summed E-state index contributed by atoms with van der Waals surface area (Å²) in [6.07, 6.45) is 6.20. The number of fused-ring (bicyclic) bond motifs is 2. The summed E-state index contributed by atoms with van der Waals surface area (Å²) < 4.78 is 32.7. The lowest BCUT2D eigenvalue weighted by atomic mass is 9.52. The Morgan fingerprint density at radius 2 is 1.79 bits per heavy atom. The molecule has 1 saturated carbocycles. The van der Waals surface area contributed by atoms with Crippen molar-refractivity contribution in [3.63, 3.8) is 0 Å². The molecule has 0 saturated heterocycles. The topological polar surface area (TPSA) is 44.8 Å². The SMILES string of the molecule is COc1ccc(F)c(-c2ccc(COc3ccc4c(c3)[C@]3(CCC4)CC[C@H]3C=O)cc2[C@H](OC)C(C)(C)C)c1. The minimum absolute atomic E-state index is 0.0112. The van der Waals surface area contributed by atoms with E-state index in [0.29, 0.717) is 17.9 Å². The molecule has 5 heteroatoms. The summed E-state index contributed by atoms with van der Waals surface area (Å²) >= 11 is 0. The highest BCUT2D eigenvalue weighted by Crippen LogP contribution is 2.55. The Bertz CT molecular complexity index is 1360. The largest absolute Gasteiger partial charge is 0.497 e. The Morgan fingerprint density at radius 1 is 1.00 bits per heavy atom. The summed E-state index contributed by atoms with van der Waals surface area (Å²) in [6.45, 7) is 6.72. The number of hydrogen-bond acceptors (Lipinski definition) is 4. The van der Waals surface area contributed by atoms with Gasteiger partial charge < -0.3 is 19.0 Å². The average Bonchev–Trinajstić information content (AvgIpc) is 2.91. The van der Waals surface area contributed by atoms with Crippen LogP contribution in [0.25, 0.3) is 11.1 Å². The van der Waals surface area contributed by atoms with Crippen LogP contribution in [-0.2, 0) is 28.0 Å². The molecule has 0 aromatic heterocycles. The van der Waals surface area contributed by atoms with Crippen LogP contribution in [0, 0.1) is 17.2 Å². The first-order valence-electron chi connectivity index (χ1n) is 13.9. The zero-order chi connectivity index (χ0) is 27.8. The van der Waals surface area contributed by atoms with Crippen LogP contribution in [0.1, 0.15) is 74.8 Å². The van der Waals surface area contributed by atoms with Crippen LogP contribution < -0.4 is 9.47 Å². The van der Waals surface area contributed by atoms with Crippen LogP contribution in [0.4, 0.5) is 4.39 Å². The molecule has 2 aliphatic rings. The summed E-state index contributed by atoms with van der Waals surface area (Å²) in [4.78, 5) is 11.8.